The first kappa shape index (κ1) is 13.5. The number of carbonyl (C=O) groups is 1. The third-order valence-electron chi connectivity index (χ3n) is 3.50. The van der Waals surface area contributed by atoms with E-state index in [2.05, 4.69) is 18.8 Å². The maximum absolute atomic E-state index is 11.9. The summed E-state index contributed by atoms with van der Waals surface area (Å²) >= 11 is 1.40. The summed E-state index contributed by atoms with van der Waals surface area (Å²) in [6.07, 6.45) is 4.17. The Bertz CT molecular complexity index is 418. The third-order valence-corrected chi connectivity index (χ3v) is 4.37. The molecule has 0 aromatic carbocycles. The molecule has 18 heavy (non-hydrogen) atoms. The Morgan fingerprint density at radius 3 is 2.78 bits per heavy atom. The van der Waals surface area contributed by atoms with Crippen LogP contribution in [0.15, 0.2) is 5.38 Å². The number of nitrogens with zero attached hydrogens (tertiary/aromatic N) is 1. The molecule has 0 radical (unpaired) electrons. The van der Waals surface area contributed by atoms with E-state index in [-0.39, 0.29) is 12.1 Å². The average Bonchev–Trinajstić information content (AvgIpc) is 2.80. The summed E-state index contributed by atoms with van der Waals surface area (Å²) in [6, 6.07) is 0. The molecular weight excluding hydrogens is 248 g/mol. The van der Waals surface area contributed by atoms with Crippen LogP contribution in [0, 0.1) is 5.41 Å². The van der Waals surface area contributed by atoms with Crippen LogP contribution in [-0.4, -0.2) is 17.1 Å². The van der Waals surface area contributed by atoms with Crippen molar-refractivity contribution in [2.45, 2.75) is 52.2 Å². The van der Waals surface area contributed by atoms with Gasteiger partial charge in [0.2, 0.25) is 0 Å². The van der Waals surface area contributed by atoms with Crippen LogP contribution in [0.4, 0.5) is 0 Å². The molecule has 1 heterocycles. The Hall–Kier alpha value is -0.940. The van der Waals surface area contributed by atoms with E-state index in [1.807, 2.05) is 0 Å². The summed E-state index contributed by atoms with van der Waals surface area (Å²) < 4.78 is 5.49. The van der Waals surface area contributed by atoms with Crippen LogP contribution in [-0.2, 0) is 11.3 Å². The van der Waals surface area contributed by atoms with Crippen molar-refractivity contribution in [2.24, 2.45) is 11.1 Å². The fourth-order valence-electron chi connectivity index (χ4n) is 2.20. The Balaban J connectivity index is 1.88. The summed E-state index contributed by atoms with van der Waals surface area (Å²) in [6.45, 7) is 4.90. The molecule has 0 spiro atoms. The Labute approximate surface area is 112 Å². The van der Waals surface area contributed by atoms with E-state index in [9.17, 15) is 4.79 Å². The predicted octanol–water partition coefficient (Wildman–Crippen LogP) is 2.73. The Morgan fingerprint density at radius 2 is 2.22 bits per heavy atom. The number of ether oxygens (including phenoxy) is 1. The van der Waals surface area contributed by atoms with Crippen molar-refractivity contribution in [3.63, 3.8) is 0 Å². The maximum atomic E-state index is 11.9. The molecule has 0 saturated heterocycles. The van der Waals surface area contributed by atoms with Crippen LogP contribution in [0.1, 0.15) is 55.0 Å². The second kappa shape index (κ2) is 5.36. The van der Waals surface area contributed by atoms with Gasteiger partial charge in [-0.05, 0) is 31.1 Å². The number of aromatic nitrogens is 1. The number of nitrogens with two attached hydrogens (primary N) is 1. The minimum absolute atomic E-state index is 0.0496. The van der Waals surface area contributed by atoms with Crippen molar-refractivity contribution in [1.29, 1.82) is 0 Å². The summed E-state index contributed by atoms with van der Waals surface area (Å²) in [5, 5.41) is 2.49. The van der Waals surface area contributed by atoms with Crippen LogP contribution >= 0.6 is 11.3 Å². The highest BCUT2D eigenvalue weighted by Crippen LogP contribution is 2.36. The molecule has 1 aromatic rings. The zero-order valence-electron chi connectivity index (χ0n) is 10.9. The van der Waals surface area contributed by atoms with Gasteiger partial charge < -0.3 is 10.5 Å². The average molecular weight is 268 g/mol. The van der Waals surface area contributed by atoms with E-state index < -0.39 is 0 Å². The van der Waals surface area contributed by atoms with Crippen molar-refractivity contribution in [2.75, 3.05) is 0 Å². The lowest BCUT2D eigenvalue weighted by Crippen LogP contribution is -2.28. The maximum Gasteiger partial charge on any atom is 0.358 e. The zero-order chi connectivity index (χ0) is 13.2. The third kappa shape index (κ3) is 3.29. The lowest BCUT2D eigenvalue weighted by atomic mass is 9.76. The number of carbonyl (C=O) groups excluding carboxylic acids is 1. The highest BCUT2D eigenvalue weighted by atomic mass is 32.1. The molecule has 2 rings (SSSR count). The summed E-state index contributed by atoms with van der Waals surface area (Å²) in [5.41, 5.74) is 6.25. The molecule has 0 bridgehead atoms. The van der Waals surface area contributed by atoms with Crippen molar-refractivity contribution < 1.29 is 9.53 Å². The van der Waals surface area contributed by atoms with Gasteiger partial charge in [0.1, 0.15) is 11.1 Å². The van der Waals surface area contributed by atoms with E-state index in [1.165, 1.54) is 11.3 Å². The highest BCUT2D eigenvalue weighted by Gasteiger charge is 2.29. The molecule has 0 unspecified atom stereocenters. The fraction of sp³-hybridized carbons (Fsp3) is 0.692. The topological polar surface area (TPSA) is 65.2 Å². The monoisotopic (exact) mass is 268 g/mol. The fourth-order valence-corrected chi connectivity index (χ4v) is 2.84. The number of hydrogen-bond donors (Lipinski definition) is 1. The summed E-state index contributed by atoms with van der Waals surface area (Å²) in [7, 11) is 0. The Kier molecular flexibility index (Phi) is 4.02. The first-order valence-corrected chi connectivity index (χ1v) is 7.23. The molecule has 1 aromatic heterocycles. The van der Waals surface area contributed by atoms with Crippen LogP contribution in [0.25, 0.3) is 0 Å². The SMILES string of the molecule is CC1(C)CCC(OC(=O)c2csc(CN)n2)CC1. The molecule has 1 aliphatic rings. The first-order valence-electron chi connectivity index (χ1n) is 6.36. The van der Waals surface area contributed by atoms with Gasteiger partial charge >= 0.3 is 5.97 Å². The quantitative estimate of drug-likeness (QED) is 0.856. The molecule has 4 nitrogen and oxygen atoms in total. The predicted molar refractivity (Wildman–Crippen MR) is 71.5 cm³/mol. The van der Waals surface area contributed by atoms with E-state index in [0.717, 1.165) is 30.7 Å². The lowest BCUT2D eigenvalue weighted by molar-refractivity contribution is 0.00897. The van der Waals surface area contributed by atoms with Gasteiger partial charge in [0, 0.05) is 11.9 Å². The lowest BCUT2D eigenvalue weighted by Gasteiger charge is -2.33. The van der Waals surface area contributed by atoms with Gasteiger partial charge in [-0.25, -0.2) is 9.78 Å². The highest BCUT2D eigenvalue weighted by molar-refractivity contribution is 7.09. The van der Waals surface area contributed by atoms with Gasteiger partial charge in [0.15, 0.2) is 5.69 Å². The second-order valence-corrected chi connectivity index (χ2v) is 6.54. The van der Waals surface area contributed by atoms with Gasteiger partial charge in [-0.2, -0.15) is 0 Å². The molecule has 5 heteroatoms. The molecule has 0 atom stereocenters. The van der Waals surface area contributed by atoms with Crippen LogP contribution in [0.2, 0.25) is 0 Å². The van der Waals surface area contributed by atoms with Crippen molar-refractivity contribution in [1.82, 2.24) is 4.98 Å². The van der Waals surface area contributed by atoms with E-state index in [4.69, 9.17) is 10.5 Å². The van der Waals surface area contributed by atoms with Gasteiger partial charge in [-0.15, -0.1) is 11.3 Å². The van der Waals surface area contributed by atoms with Crippen molar-refractivity contribution in [3.05, 3.63) is 16.1 Å². The minimum Gasteiger partial charge on any atom is -0.458 e. The zero-order valence-corrected chi connectivity index (χ0v) is 11.8. The van der Waals surface area contributed by atoms with Gasteiger partial charge in [0.25, 0.3) is 0 Å². The normalized spacial score (nSPS) is 19.7. The van der Waals surface area contributed by atoms with E-state index in [0.29, 0.717) is 17.7 Å². The van der Waals surface area contributed by atoms with Crippen molar-refractivity contribution >= 4 is 17.3 Å². The largest absolute Gasteiger partial charge is 0.458 e. The molecule has 2 N–H and O–H groups in total. The van der Waals surface area contributed by atoms with Crippen LogP contribution in [0.5, 0.6) is 0 Å². The smallest absolute Gasteiger partial charge is 0.358 e. The van der Waals surface area contributed by atoms with Gasteiger partial charge in [-0.1, -0.05) is 13.8 Å². The van der Waals surface area contributed by atoms with Crippen LogP contribution < -0.4 is 5.73 Å². The van der Waals surface area contributed by atoms with Crippen LogP contribution in [0.3, 0.4) is 0 Å². The number of rotatable bonds is 3. The molecule has 1 fully saturated rings. The second-order valence-electron chi connectivity index (χ2n) is 5.60. The molecule has 1 aliphatic carbocycles. The van der Waals surface area contributed by atoms with E-state index >= 15 is 0 Å². The molecule has 0 aliphatic heterocycles. The molecular formula is C13H20N2O2S. The number of thiazole rings is 1. The molecule has 100 valence electrons. The first-order chi connectivity index (χ1) is 8.50. The standard InChI is InChI=1S/C13H20N2O2S/c1-13(2)5-3-9(4-6-13)17-12(16)10-8-18-11(7-14)15-10/h8-9H,3-7,14H2,1-2H3. The van der Waals surface area contributed by atoms with Gasteiger partial charge in [0.05, 0.1) is 0 Å². The van der Waals surface area contributed by atoms with E-state index in [1.54, 1.807) is 5.38 Å². The molecule has 0 amide bonds. The molecule has 1 saturated carbocycles. The van der Waals surface area contributed by atoms with Crippen molar-refractivity contribution in [3.8, 4) is 0 Å². The minimum atomic E-state index is -0.310. The van der Waals surface area contributed by atoms with Gasteiger partial charge in [-0.3, -0.25) is 0 Å². The summed E-state index contributed by atoms with van der Waals surface area (Å²) in [4.78, 5) is 16.0. The summed E-state index contributed by atoms with van der Waals surface area (Å²) in [5.74, 6) is -0.310. The number of esters is 1. The Morgan fingerprint density at radius 1 is 1.56 bits per heavy atom. The number of hydrogen-bond acceptors (Lipinski definition) is 5.